The Morgan fingerprint density at radius 3 is 1.28 bits per heavy atom. The monoisotopic (exact) mass is 641 g/mol. The predicted octanol–water partition coefficient (Wildman–Crippen LogP) is 8.29. The molecule has 252 valence electrons. The van der Waals surface area contributed by atoms with Gasteiger partial charge in [0, 0.05) is 52.7 Å². The second-order valence-electron chi connectivity index (χ2n) is 9.91. The summed E-state index contributed by atoms with van der Waals surface area (Å²) in [6, 6.07) is 21.9. The Morgan fingerprint density at radius 2 is 0.894 bits per heavy atom. The van der Waals surface area contributed by atoms with Gasteiger partial charge >= 0.3 is 0 Å². The number of hydrogen-bond acceptors (Lipinski definition) is 6. The summed E-state index contributed by atoms with van der Waals surface area (Å²) < 4.78 is 5.71. The normalized spacial score (nSPS) is 12.8. The highest BCUT2D eigenvalue weighted by molar-refractivity contribution is 6.26. The van der Waals surface area contributed by atoms with E-state index in [0.29, 0.717) is 53.8 Å². The largest absolute Gasteiger partial charge is 0.360 e. The zero-order chi connectivity index (χ0) is 35.1. The smallest absolute Gasteiger partial charge is 0.263 e. The minimum atomic E-state index is -0.352. The summed E-state index contributed by atoms with van der Waals surface area (Å²) in [5.41, 5.74) is 2.12. The van der Waals surface area contributed by atoms with Crippen molar-refractivity contribution >= 4 is 45.2 Å². The van der Waals surface area contributed by atoms with Gasteiger partial charge in [0.15, 0.2) is 0 Å². The minimum Gasteiger partial charge on any atom is -0.360 e. The fourth-order valence-electron chi connectivity index (χ4n) is 5.46. The average Bonchev–Trinajstić information content (AvgIpc) is 3.13. The first-order valence-corrected chi connectivity index (χ1v) is 17.0. The molecule has 4 aromatic rings. The van der Waals surface area contributed by atoms with Crippen molar-refractivity contribution in [3.8, 4) is 0 Å². The Labute approximate surface area is 280 Å². The minimum absolute atomic E-state index is 0.117. The van der Waals surface area contributed by atoms with E-state index in [0.717, 1.165) is 21.1 Å². The molecular formula is C39H51N3O5. The molecule has 0 radical (unpaired) electrons. The fraction of sp³-hybridized carbons (Fsp3) is 0.385. The quantitative estimate of drug-likeness (QED) is 0.135. The highest BCUT2D eigenvalue weighted by Crippen LogP contribution is 2.31. The molecule has 0 fully saturated rings. The lowest BCUT2D eigenvalue weighted by molar-refractivity contribution is 0.0199. The van der Waals surface area contributed by atoms with Crippen LogP contribution in [0.2, 0.25) is 0 Å². The first-order chi connectivity index (χ1) is 23.0. The molecule has 2 aliphatic heterocycles. The van der Waals surface area contributed by atoms with Crippen LogP contribution in [0.15, 0.2) is 72.8 Å². The van der Waals surface area contributed by atoms with E-state index in [1.165, 1.54) is 4.90 Å². The maximum Gasteiger partial charge on any atom is 0.263 e. The average molecular weight is 642 g/mol. The Bertz CT molecular complexity index is 1560. The molecule has 0 atom stereocenters. The van der Waals surface area contributed by atoms with Crippen molar-refractivity contribution in [3.63, 3.8) is 0 Å². The first kappa shape index (κ1) is 38.8. The number of carbonyl (C=O) groups excluding carboxylic acids is 4. The first-order valence-electron chi connectivity index (χ1n) is 17.0. The molecule has 8 nitrogen and oxygen atoms in total. The number of hydrogen-bond donors (Lipinski definition) is 0. The number of nitrogens with zero attached hydrogens (tertiary/aromatic N) is 3. The molecule has 0 unspecified atom stereocenters. The topological polar surface area (TPSA) is 87.2 Å². The van der Waals surface area contributed by atoms with Gasteiger partial charge in [-0.3, -0.25) is 29.0 Å². The number of rotatable bonds is 9. The molecule has 8 heteroatoms. The second kappa shape index (κ2) is 19.3. The van der Waals surface area contributed by atoms with Crippen molar-refractivity contribution in [1.29, 1.82) is 0 Å². The molecule has 0 aromatic heterocycles. The number of benzene rings is 4. The third-order valence-electron chi connectivity index (χ3n) is 7.47. The van der Waals surface area contributed by atoms with Crippen molar-refractivity contribution in [2.24, 2.45) is 0 Å². The molecule has 4 amide bonds. The van der Waals surface area contributed by atoms with Gasteiger partial charge < -0.3 is 9.64 Å². The molecule has 6 rings (SSSR count). The van der Waals surface area contributed by atoms with E-state index in [9.17, 15) is 19.2 Å². The summed E-state index contributed by atoms with van der Waals surface area (Å²) >= 11 is 0. The van der Waals surface area contributed by atoms with Gasteiger partial charge in [-0.2, -0.15) is 0 Å². The lowest BCUT2D eigenvalue weighted by atomic mass is 9.94. The molecule has 2 aliphatic rings. The number of amides is 4. The summed E-state index contributed by atoms with van der Waals surface area (Å²) in [4.78, 5) is 56.6. The molecule has 4 aromatic carbocycles. The van der Waals surface area contributed by atoms with Gasteiger partial charge in [0.2, 0.25) is 0 Å². The molecule has 0 N–H and O–H groups in total. The predicted molar refractivity (Wildman–Crippen MR) is 192 cm³/mol. The van der Waals surface area contributed by atoms with Gasteiger partial charge in [-0.15, -0.1) is 0 Å². The molecular weight excluding hydrogens is 590 g/mol. The van der Waals surface area contributed by atoms with E-state index in [4.69, 9.17) is 4.74 Å². The molecule has 0 aliphatic carbocycles. The van der Waals surface area contributed by atoms with E-state index in [1.54, 1.807) is 24.3 Å². The van der Waals surface area contributed by atoms with Crippen LogP contribution in [0.4, 0.5) is 0 Å². The van der Waals surface area contributed by atoms with E-state index in [2.05, 4.69) is 0 Å². The highest BCUT2D eigenvalue weighted by Gasteiger charge is 2.33. The lowest BCUT2D eigenvalue weighted by Crippen LogP contribution is -2.44. The lowest BCUT2D eigenvalue weighted by Gasteiger charge is -2.29. The maximum absolute atomic E-state index is 13.1. The number of carbonyl (C=O) groups is 4. The van der Waals surface area contributed by atoms with E-state index < -0.39 is 0 Å². The van der Waals surface area contributed by atoms with Crippen molar-refractivity contribution < 1.29 is 23.9 Å². The van der Waals surface area contributed by atoms with Gasteiger partial charge in [0.1, 0.15) is 6.73 Å². The van der Waals surface area contributed by atoms with Crippen molar-refractivity contribution in [3.05, 3.63) is 95.1 Å². The van der Waals surface area contributed by atoms with Crippen LogP contribution in [-0.4, -0.2) is 78.3 Å². The third-order valence-corrected chi connectivity index (χ3v) is 7.47. The van der Waals surface area contributed by atoms with Crippen LogP contribution in [0, 0.1) is 0 Å². The van der Waals surface area contributed by atoms with E-state index >= 15 is 0 Å². The summed E-state index contributed by atoms with van der Waals surface area (Å²) in [7, 11) is 1.92. The molecule has 0 saturated carbocycles. The summed E-state index contributed by atoms with van der Waals surface area (Å²) in [5, 5.41) is 3.17. The molecule has 0 bridgehead atoms. The Balaban J connectivity index is 0.000000894. The van der Waals surface area contributed by atoms with Crippen molar-refractivity contribution in [2.45, 2.75) is 61.8 Å². The Kier molecular flexibility index (Phi) is 15.9. The van der Waals surface area contributed by atoms with Crippen LogP contribution in [0.3, 0.4) is 0 Å². The number of imide groups is 2. The molecule has 0 spiro atoms. The summed E-state index contributed by atoms with van der Waals surface area (Å²) in [5.74, 6) is -1.24. The molecule has 0 saturated heterocycles. The van der Waals surface area contributed by atoms with Gasteiger partial charge in [-0.25, -0.2) is 0 Å². The summed E-state index contributed by atoms with van der Waals surface area (Å²) in [6.45, 7) is 17.7. The van der Waals surface area contributed by atoms with Crippen LogP contribution >= 0.6 is 0 Å². The van der Waals surface area contributed by atoms with E-state index in [1.807, 2.05) is 116 Å². The van der Waals surface area contributed by atoms with Crippen LogP contribution in [-0.2, 0) is 4.74 Å². The van der Waals surface area contributed by atoms with Gasteiger partial charge in [0.05, 0.1) is 6.61 Å². The number of ether oxygens (including phenoxy) is 1. The van der Waals surface area contributed by atoms with Gasteiger partial charge in [0.25, 0.3) is 23.6 Å². The zero-order valence-corrected chi connectivity index (χ0v) is 29.6. The third kappa shape index (κ3) is 8.31. The molecule has 2 heterocycles. The van der Waals surface area contributed by atoms with Crippen LogP contribution in [0.25, 0.3) is 21.5 Å². The van der Waals surface area contributed by atoms with Gasteiger partial charge in [-0.1, -0.05) is 104 Å². The Morgan fingerprint density at radius 1 is 0.532 bits per heavy atom. The SMILES string of the molecule is CC.CC.CC.CC.CN(CCCOCN1C(=O)c2cccc3cccc(c23)C1=O)CCN1C(=O)c2cccc3cccc(c23)C1=O. The standard InChI is InChI=1S/C31H27N3O5.4C2H6/c1-32(16-17-33-28(35)22-11-2-7-20-8-3-12-23(26(20)22)29(33)36)15-6-18-39-19-34-30(37)24-13-4-9-21-10-5-14-25(27(21)24)31(34)38;4*1-2/h2-5,7-14H,6,15-19H2,1H3;4*1-2H3. The molecule has 47 heavy (non-hydrogen) atoms. The van der Waals surface area contributed by atoms with Crippen molar-refractivity contribution in [1.82, 2.24) is 14.7 Å². The maximum atomic E-state index is 13.1. The van der Waals surface area contributed by atoms with Crippen LogP contribution in [0.5, 0.6) is 0 Å². The van der Waals surface area contributed by atoms with Crippen molar-refractivity contribution in [2.75, 3.05) is 40.0 Å². The highest BCUT2D eigenvalue weighted by atomic mass is 16.5. The number of likely N-dealkylation sites (N-methyl/N-ethyl adjacent to an activating group) is 1. The second-order valence-corrected chi connectivity index (χ2v) is 9.91. The van der Waals surface area contributed by atoms with Crippen LogP contribution in [0.1, 0.15) is 103 Å². The van der Waals surface area contributed by atoms with E-state index in [-0.39, 0.29) is 36.9 Å². The fourth-order valence-corrected chi connectivity index (χ4v) is 5.46. The summed E-state index contributed by atoms with van der Waals surface area (Å²) in [6.07, 6.45) is 0.656. The van der Waals surface area contributed by atoms with Gasteiger partial charge in [-0.05, 0) is 48.5 Å². The zero-order valence-electron chi connectivity index (χ0n) is 29.6. The van der Waals surface area contributed by atoms with Crippen LogP contribution < -0.4 is 0 Å². The Hall–Kier alpha value is -4.40.